The summed E-state index contributed by atoms with van der Waals surface area (Å²) in [7, 11) is -1.96. The Bertz CT molecular complexity index is 793. The Hall–Kier alpha value is -1.60. The summed E-state index contributed by atoms with van der Waals surface area (Å²) in [6, 6.07) is 4.79. The Labute approximate surface area is 156 Å². The highest BCUT2D eigenvalue weighted by Gasteiger charge is 2.36. The molecule has 6 nitrogen and oxygen atoms in total. The van der Waals surface area contributed by atoms with Crippen LogP contribution in [-0.4, -0.2) is 44.9 Å². The number of nitrogens with zero attached hydrogens (tertiary/aromatic N) is 2. The second-order valence-electron chi connectivity index (χ2n) is 7.50. The minimum absolute atomic E-state index is 0.0000532. The molecule has 0 saturated heterocycles. The third-order valence-corrected chi connectivity index (χ3v) is 7.86. The van der Waals surface area contributed by atoms with E-state index in [2.05, 4.69) is 13.8 Å². The van der Waals surface area contributed by atoms with E-state index < -0.39 is 10.0 Å². The van der Waals surface area contributed by atoms with Crippen molar-refractivity contribution in [1.82, 2.24) is 4.31 Å². The molecule has 1 aliphatic heterocycles. The third kappa shape index (κ3) is 3.34. The lowest BCUT2D eigenvalue weighted by Gasteiger charge is -2.39. The fraction of sp³-hybridized carbons (Fsp3) is 0.632. The molecule has 2 aliphatic rings. The van der Waals surface area contributed by atoms with E-state index in [4.69, 9.17) is 4.74 Å². The van der Waals surface area contributed by atoms with Gasteiger partial charge in [0.15, 0.2) is 0 Å². The average molecular weight is 381 g/mol. The van der Waals surface area contributed by atoms with Crippen LogP contribution in [0.1, 0.15) is 40.0 Å². The van der Waals surface area contributed by atoms with Gasteiger partial charge in [0, 0.05) is 20.0 Å². The van der Waals surface area contributed by atoms with Gasteiger partial charge >= 0.3 is 0 Å². The minimum atomic E-state index is -3.64. The highest BCUT2D eigenvalue weighted by atomic mass is 32.2. The number of carbonyl (C=O) groups is 1. The van der Waals surface area contributed by atoms with Crippen molar-refractivity contribution < 1.29 is 17.9 Å². The number of rotatable bonds is 3. The van der Waals surface area contributed by atoms with E-state index in [0.717, 1.165) is 19.3 Å². The van der Waals surface area contributed by atoms with Crippen LogP contribution >= 0.6 is 0 Å². The zero-order chi connectivity index (χ0) is 19.1. The van der Waals surface area contributed by atoms with Gasteiger partial charge in [0.2, 0.25) is 15.9 Å². The van der Waals surface area contributed by atoms with Crippen LogP contribution in [0.25, 0.3) is 0 Å². The SMILES string of the molecule is CC(=O)N1CCOc2ccc(S(=O)(=O)N(C)[C@@H]3CCC[C@H](C)[C@H]3C)cc21. The maximum absolute atomic E-state index is 13.2. The lowest BCUT2D eigenvalue weighted by Crippen LogP contribution is -2.45. The highest BCUT2D eigenvalue weighted by molar-refractivity contribution is 7.89. The van der Waals surface area contributed by atoms with Crippen molar-refractivity contribution in [3.63, 3.8) is 0 Å². The summed E-state index contributed by atoms with van der Waals surface area (Å²) in [5.74, 6) is 1.26. The lowest BCUT2D eigenvalue weighted by molar-refractivity contribution is -0.116. The second-order valence-corrected chi connectivity index (χ2v) is 9.50. The van der Waals surface area contributed by atoms with Gasteiger partial charge in [-0.05, 0) is 36.5 Å². The number of amides is 1. The number of carbonyl (C=O) groups excluding carboxylic acids is 1. The predicted octanol–water partition coefficient (Wildman–Crippen LogP) is 2.88. The fourth-order valence-corrected chi connectivity index (χ4v) is 5.58. The van der Waals surface area contributed by atoms with Crippen LogP contribution in [0.5, 0.6) is 5.75 Å². The first-order chi connectivity index (χ1) is 12.2. The van der Waals surface area contributed by atoms with Crippen molar-refractivity contribution in [2.75, 3.05) is 25.1 Å². The standard InChI is InChI=1S/C19H28N2O4S/c1-13-6-5-7-17(14(13)2)20(4)26(23,24)16-8-9-19-18(12-16)21(15(3)22)10-11-25-19/h8-9,12-14,17H,5-7,10-11H2,1-4H3/t13-,14+,17+/m0/s1. The van der Waals surface area contributed by atoms with E-state index in [1.54, 1.807) is 30.1 Å². The molecule has 1 saturated carbocycles. The van der Waals surface area contributed by atoms with E-state index in [9.17, 15) is 13.2 Å². The molecule has 0 spiro atoms. The van der Waals surface area contributed by atoms with E-state index >= 15 is 0 Å². The Morgan fingerprint density at radius 2 is 2.00 bits per heavy atom. The molecular formula is C19H28N2O4S. The van der Waals surface area contributed by atoms with Crippen LogP contribution in [0.15, 0.2) is 23.1 Å². The molecule has 1 aliphatic carbocycles. The molecule has 144 valence electrons. The smallest absolute Gasteiger partial charge is 0.243 e. The molecule has 7 heteroatoms. The topological polar surface area (TPSA) is 66.9 Å². The number of ether oxygens (including phenoxy) is 1. The second kappa shape index (κ2) is 7.19. The van der Waals surface area contributed by atoms with E-state index in [1.165, 1.54) is 11.2 Å². The minimum Gasteiger partial charge on any atom is -0.490 e. The third-order valence-electron chi connectivity index (χ3n) is 5.98. The zero-order valence-electron chi connectivity index (χ0n) is 15.9. The van der Waals surface area contributed by atoms with Crippen LogP contribution in [0.3, 0.4) is 0 Å². The zero-order valence-corrected chi connectivity index (χ0v) is 16.8. The number of fused-ring (bicyclic) bond motifs is 1. The van der Waals surface area contributed by atoms with E-state index in [1.807, 2.05) is 0 Å². The quantitative estimate of drug-likeness (QED) is 0.809. The van der Waals surface area contributed by atoms with Crippen molar-refractivity contribution in [3.8, 4) is 5.75 Å². The van der Waals surface area contributed by atoms with Crippen molar-refractivity contribution in [1.29, 1.82) is 0 Å². The van der Waals surface area contributed by atoms with E-state index in [-0.39, 0.29) is 16.8 Å². The first kappa shape index (κ1) is 19.2. The number of hydrogen-bond acceptors (Lipinski definition) is 4. The van der Waals surface area contributed by atoms with Crippen molar-refractivity contribution in [3.05, 3.63) is 18.2 Å². The van der Waals surface area contributed by atoms with Crippen molar-refractivity contribution >= 4 is 21.6 Å². The molecule has 1 fully saturated rings. The van der Waals surface area contributed by atoms with Gasteiger partial charge in [-0.3, -0.25) is 4.79 Å². The normalized spacial score (nSPS) is 26.3. The lowest BCUT2D eigenvalue weighted by atomic mass is 9.78. The van der Waals surface area contributed by atoms with Crippen molar-refractivity contribution in [2.24, 2.45) is 11.8 Å². The van der Waals surface area contributed by atoms with Gasteiger partial charge in [-0.25, -0.2) is 8.42 Å². The first-order valence-electron chi connectivity index (χ1n) is 9.26. The van der Waals surface area contributed by atoms with Gasteiger partial charge < -0.3 is 9.64 Å². The average Bonchev–Trinajstić information content (AvgIpc) is 2.62. The van der Waals surface area contributed by atoms with Gasteiger partial charge in [0.1, 0.15) is 12.4 Å². The Morgan fingerprint density at radius 1 is 1.27 bits per heavy atom. The number of benzene rings is 1. The van der Waals surface area contributed by atoms with Crippen LogP contribution in [0.4, 0.5) is 5.69 Å². The summed E-state index contributed by atoms with van der Waals surface area (Å²) in [6.45, 7) is 6.65. The van der Waals surface area contributed by atoms with E-state index in [0.29, 0.717) is 36.4 Å². The molecule has 3 rings (SSSR count). The molecule has 1 heterocycles. The fourth-order valence-electron chi connectivity index (χ4n) is 4.10. The number of hydrogen-bond donors (Lipinski definition) is 0. The maximum atomic E-state index is 13.2. The summed E-state index contributed by atoms with van der Waals surface area (Å²) < 4.78 is 33.6. The predicted molar refractivity (Wildman–Crippen MR) is 101 cm³/mol. The van der Waals surface area contributed by atoms with Crippen LogP contribution < -0.4 is 9.64 Å². The molecular weight excluding hydrogens is 352 g/mol. The summed E-state index contributed by atoms with van der Waals surface area (Å²) in [4.78, 5) is 13.7. The molecule has 0 aromatic heterocycles. The molecule has 1 amide bonds. The summed E-state index contributed by atoms with van der Waals surface area (Å²) in [5, 5.41) is 0. The summed E-state index contributed by atoms with van der Waals surface area (Å²) in [5.41, 5.74) is 0.531. The van der Waals surface area contributed by atoms with Gasteiger partial charge in [-0.2, -0.15) is 4.31 Å². The monoisotopic (exact) mass is 380 g/mol. The van der Waals surface area contributed by atoms with Crippen molar-refractivity contribution in [2.45, 2.75) is 51.0 Å². The van der Waals surface area contributed by atoms with Crippen LogP contribution in [-0.2, 0) is 14.8 Å². The summed E-state index contributed by atoms with van der Waals surface area (Å²) >= 11 is 0. The molecule has 3 atom stereocenters. The molecule has 0 N–H and O–H groups in total. The Morgan fingerprint density at radius 3 is 2.69 bits per heavy atom. The highest BCUT2D eigenvalue weighted by Crippen LogP contribution is 2.37. The largest absolute Gasteiger partial charge is 0.490 e. The van der Waals surface area contributed by atoms with Crippen LogP contribution in [0, 0.1) is 11.8 Å². The van der Waals surface area contributed by atoms with Gasteiger partial charge in [0.25, 0.3) is 0 Å². The molecule has 0 unspecified atom stereocenters. The summed E-state index contributed by atoms with van der Waals surface area (Å²) in [6.07, 6.45) is 3.08. The first-order valence-corrected chi connectivity index (χ1v) is 10.7. The molecule has 1 aromatic rings. The molecule has 26 heavy (non-hydrogen) atoms. The number of anilines is 1. The molecule has 1 aromatic carbocycles. The number of sulfonamides is 1. The van der Waals surface area contributed by atoms with Crippen LogP contribution in [0.2, 0.25) is 0 Å². The van der Waals surface area contributed by atoms with Gasteiger partial charge in [0.05, 0.1) is 17.1 Å². The van der Waals surface area contributed by atoms with Gasteiger partial charge in [-0.1, -0.05) is 26.7 Å². The Kier molecular flexibility index (Phi) is 5.30. The Balaban J connectivity index is 1.95. The maximum Gasteiger partial charge on any atom is 0.243 e. The van der Waals surface area contributed by atoms with Gasteiger partial charge in [-0.15, -0.1) is 0 Å². The molecule has 0 radical (unpaired) electrons. The molecule has 0 bridgehead atoms.